The van der Waals surface area contributed by atoms with Gasteiger partial charge in [-0.1, -0.05) is 36.4 Å². The summed E-state index contributed by atoms with van der Waals surface area (Å²) < 4.78 is 5.01. The summed E-state index contributed by atoms with van der Waals surface area (Å²) in [6, 6.07) is 16.6. The van der Waals surface area contributed by atoms with E-state index in [4.69, 9.17) is 4.74 Å². The fourth-order valence-corrected chi connectivity index (χ4v) is 5.61. The molecular formula is C27H24N6O4S. The largest absolute Gasteiger partial charge is 0.457 e. The quantitative estimate of drug-likeness (QED) is 0.317. The van der Waals surface area contributed by atoms with Gasteiger partial charge in [0.25, 0.3) is 5.91 Å². The average molecular weight is 529 g/mol. The molecule has 0 atom stereocenters. The third-order valence-corrected chi connectivity index (χ3v) is 7.74. The number of benzene rings is 2. The number of nitrogens with one attached hydrogen (secondary N) is 3. The predicted octanol–water partition coefficient (Wildman–Crippen LogP) is 4.87. The first kappa shape index (κ1) is 23.9. The first-order valence-corrected chi connectivity index (χ1v) is 13.1. The van der Waals surface area contributed by atoms with Crippen LogP contribution >= 0.6 is 11.3 Å². The van der Waals surface area contributed by atoms with E-state index >= 15 is 0 Å². The number of cyclic esters (lactones) is 1. The van der Waals surface area contributed by atoms with Crippen LogP contribution in [-0.4, -0.2) is 51.1 Å². The van der Waals surface area contributed by atoms with Crippen LogP contribution in [0.5, 0.6) is 0 Å². The highest BCUT2D eigenvalue weighted by Gasteiger charge is 2.27. The molecule has 1 saturated heterocycles. The Bertz CT molecular complexity index is 1510. The van der Waals surface area contributed by atoms with Crippen molar-refractivity contribution < 1.29 is 19.1 Å². The molecular weight excluding hydrogens is 504 g/mol. The zero-order valence-corrected chi connectivity index (χ0v) is 21.1. The Kier molecular flexibility index (Phi) is 6.34. The number of rotatable bonds is 5. The van der Waals surface area contributed by atoms with Gasteiger partial charge in [-0.15, -0.1) is 11.3 Å². The maximum Gasteiger partial charge on any atom is 0.338 e. The van der Waals surface area contributed by atoms with Crippen LogP contribution in [0.15, 0.2) is 60.0 Å². The Morgan fingerprint density at radius 1 is 1.05 bits per heavy atom. The molecule has 0 aliphatic carbocycles. The van der Waals surface area contributed by atoms with Crippen LogP contribution in [0.25, 0.3) is 11.3 Å². The molecule has 2 aliphatic rings. The number of carbonyl (C=O) groups is 3. The van der Waals surface area contributed by atoms with E-state index in [1.54, 1.807) is 28.5 Å². The molecule has 38 heavy (non-hydrogen) atoms. The Morgan fingerprint density at radius 2 is 1.87 bits per heavy atom. The number of piperidine rings is 1. The van der Waals surface area contributed by atoms with E-state index in [0.717, 1.165) is 34.7 Å². The van der Waals surface area contributed by atoms with Gasteiger partial charge in [-0.05, 0) is 30.5 Å². The number of likely N-dealkylation sites (tertiary alicyclic amines) is 1. The second-order valence-corrected chi connectivity index (χ2v) is 10.1. The summed E-state index contributed by atoms with van der Waals surface area (Å²) in [7, 11) is 0. The monoisotopic (exact) mass is 528 g/mol. The number of urea groups is 1. The Labute approximate surface area is 222 Å². The van der Waals surface area contributed by atoms with Crippen molar-refractivity contribution in [2.75, 3.05) is 23.7 Å². The van der Waals surface area contributed by atoms with Crippen molar-refractivity contribution in [1.29, 1.82) is 0 Å². The second kappa shape index (κ2) is 10.1. The highest BCUT2D eigenvalue weighted by molar-refractivity contribution is 7.10. The van der Waals surface area contributed by atoms with Crippen molar-refractivity contribution in [2.45, 2.75) is 25.4 Å². The van der Waals surface area contributed by atoms with E-state index in [9.17, 15) is 14.4 Å². The zero-order valence-electron chi connectivity index (χ0n) is 20.3. The van der Waals surface area contributed by atoms with Crippen LogP contribution in [0.3, 0.4) is 0 Å². The number of ether oxygens (including phenoxy) is 1. The van der Waals surface area contributed by atoms with Gasteiger partial charge < -0.3 is 15.0 Å². The first-order valence-electron chi connectivity index (χ1n) is 12.3. The van der Waals surface area contributed by atoms with Gasteiger partial charge in [0.05, 0.1) is 16.3 Å². The Balaban J connectivity index is 1.02. The molecule has 3 N–H and O–H groups in total. The number of hydrogen-bond donors (Lipinski definition) is 3. The van der Waals surface area contributed by atoms with E-state index in [0.29, 0.717) is 35.9 Å². The van der Waals surface area contributed by atoms with Crippen molar-refractivity contribution in [3.05, 3.63) is 81.8 Å². The topological polar surface area (TPSA) is 129 Å². The summed E-state index contributed by atoms with van der Waals surface area (Å²) in [4.78, 5) is 43.7. The molecule has 10 nitrogen and oxygen atoms in total. The van der Waals surface area contributed by atoms with Crippen LogP contribution in [0.2, 0.25) is 0 Å². The van der Waals surface area contributed by atoms with Gasteiger partial charge in [0.15, 0.2) is 5.82 Å². The fraction of sp³-hybridized carbons (Fsp3) is 0.222. The smallest absolute Gasteiger partial charge is 0.338 e. The molecule has 2 aromatic carbocycles. The predicted molar refractivity (Wildman–Crippen MR) is 142 cm³/mol. The maximum atomic E-state index is 12.8. The molecule has 0 bridgehead atoms. The van der Waals surface area contributed by atoms with Gasteiger partial charge in [-0.3, -0.25) is 15.2 Å². The average Bonchev–Trinajstić information content (AvgIpc) is 3.70. The number of esters is 1. The van der Waals surface area contributed by atoms with Crippen LogP contribution in [0.1, 0.15) is 50.2 Å². The molecule has 11 heteroatoms. The number of aromatic nitrogens is 3. The molecule has 0 radical (unpaired) electrons. The normalized spacial score (nSPS) is 15.2. The van der Waals surface area contributed by atoms with Crippen molar-refractivity contribution in [1.82, 2.24) is 20.1 Å². The van der Waals surface area contributed by atoms with Crippen LogP contribution in [0, 0.1) is 0 Å². The minimum absolute atomic E-state index is 0.176. The number of anilines is 2. The van der Waals surface area contributed by atoms with Crippen molar-refractivity contribution in [3.8, 4) is 11.3 Å². The first-order chi connectivity index (χ1) is 18.5. The number of fused-ring (bicyclic) bond motifs is 1. The van der Waals surface area contributed by atoms with Gasteiger partial charge in [-0.25, -0.2) is 14.6 Å². The number of thiazole rings is 1. The number of H-pyrrole nitrogens is 1. The molecule has 2 aliphatic heterocycles. The molecule has 4 heterocycles. The molecule has 192 valence electrons. The fourth-order valence-electron chi connectivity index (χ4n) is 4.64. The third kappa shape index (κ3) is 4.88. The highest BCUT2D eigenvalue weighted by Crippen LogP contribution is 2.31. The van der Waals surface area contributed by atoms with Gasteiger partial charge in [0.1, 0.15) is 12.3 Å². The van der Waals surface area contributed by atoms with Crippen LogP contribution in [-0.2, 0) is 11.3 Å². The summed E-state index contributed by atoms with van der Waals surface area (Å²) in [6.07, 6.45) is 1.51. The molecule has 4 aromatic rings. The summed E-state index contributed by atoms with van der Waals surface area (Å²) >= 11 is 1.45. The number of amides is 3. The zero-order chi connectivity index (χ0) is 26.1. The van der Waals surface area contributed by atoms with Crippen molar-refractivity contribution >= 4 is 40.7 Å². The van der Waals surface area contributed by atoms with Crippen LogP contribution in [0.4, 0.5) is 16.3 Å². The lowest BCUT2D eigenvalue weighted by atomic mass is 9.98. The SMILES string of the molecule is O=C(Nc1ccc2c(c1)C(=O)OC2)c1csc(C2CCN(C(=O)Nc3cc(-c4ccccc4)[nH]n3)CC2)n1. The highest BCUT2D eigenvalue weighted by atomic mass is 32.1. The molecule has 3 amide bonds. The molecule has 2 aromatic heterocycles. The van der Waals surface area contributed by atoms with Crippen LogP contribution < -0.4 is 10.6 Å². The van der Waals surface area contributed by atoms with Gasteiger partial charge >= 0.3 is 12.0 Å². The molecule has 6 rings (SSSR count). The number of hydrogen-bond acceptors (Lipinski definition) is 7. The van der Waals surface area contributed by atoms with Gasteiger partial charge in [0, 0.05) is 41.7 Å². The molecule has 0 saturated carbocycles. The standard InChI is InChI=1S/C27H24N6O4S/c34-24(28-19-7-6-18-14-37-26(35)20(18)12-19)22-15-38-25(29-22)17-8-10-33(11-9-17)27(36)30-23-13-21(31-32-23)16-4-2-1-3-5-16/h1-7,12-13,15,17H,8-11,14H2,(H,28,34)(H2,30,31,32,36). The van der Waals surface area contributed by atoms with Crippen molar-refractivity contribution in [3.63, 3.8) is 0 Å². The Morgan fingerprint density at radius 3 is 2.68 bits per heavy atom. The minimum Gasteiger partial charge on any atom is -0.457 e. The summed E-state index contributed by atoms with van der Waals surface area (Å²) in [6.45, 7) is 1.42. The number of aromatic amines is 1. The second-order valence-electron chi connectivity index (χ2n) is 9.20. The third-order valence-electron chi connectivity index (χ3n) is 6.73. The summed E-state index contributed by atoms with van der Waals surface area (Å²) in [5.74, 6) is -0.0554. The van der Waals surface area contributed by atoms with E-state index in [-0.39, 0.29) is 30.4 Å². The van der Waals surface area contributed by atoms with Crippen molar-refractivity contribution in [2.24, 2.45) is 0 Å². The summed E-state index contributed by atoms with van der Waals surface area (Å²) in [5, 5.41) is 15.5. The lowest BCUT2D eigenvalue weighted by molar-refractivity contribution is 0.0535. The van der Waals surface area contributed by atoms with E-state index in [1.807, 2.05) is 36.4 Å². The number of nitrogens with zero attached hydrogens (tertiary/aromatic N) is 3. The summed E-state index contributed by atoms with van der Waals surface area (Å²) in [5.41, 5.74) is 3.97. The van der Waals surface area contributed by atoms with Gasteiger partial charge in [0.2, 0.25) is 0 Å². The maximum absolute atomic E-state index is 12.8. The molecule has 0 unspecified atom stereocenters. The lowest BCUT2D eigenvalue weighted by Crippen LogP contribution is -2.40. The minimum atomic E-state index is -0.381. The Hall–Kier alpha value is -4.51. The van der Waals surface area contributed by atoms with Gasteiger partial charge in [-0.2, -0.15) is 5.10 Å². The number of carbonyl (C=O) groups excluding carboxylic acids is 3. The molecule has 1 fully saturated rings. The van der Waals surface area contributed by atoms with E-state index in [1.165, 1.54) is 11.3 Å². The lowest BCUT2D eigenvalue weighted by Gasteiger charge is -2.30. The van der Waals surface area contributed by atoms with E-state index in [2.05, 4.69) is 25.8 Å². The van der Waals surface area contributed by atoms with E-state index < -0.39 is 0 Å². The molecule has 0 spiro atoms.